The van der Waals surface area contributed by atoms with E-state index in [9.17, 15) is 9.59 Å². The van der Waals surface area contributed by atoms with E-state index in [1.165, 1.54) is 19.3 Å². The maximum atomic E-state index is 12.7. The lowest BCUT2D eigenvalue weighted by Gasteiger charge is -2.35. The van der Waals surface area contributed by atoms with E-state index in [0.29, 0.717) is 25.0 Å². The van der Waals surface area contributed by atoms with Crippen LogP contribution in [-0.2, 0) is 4.79 Å². The number of carbonyl (C=O) groups is 2. The molecule has 1 aromatic carbocycles. The van der Waals surface area contributed by atoms with Gasteiger partial charge in [-0.25, -0.2) is 4.79 Å². The summed E-state index contributed by atoms with van der Waals surface area (Å²) in [5, 5.41) is 6.17. The first-order valence-electron chi connectivity index (χ1n) is 9.55. The number of para-hydroxylation sites is 1. The maximum Gasteiger partial charge on any atom is 0.321 e. The first-order valence-corrected chi connectivity index (χ1v) is 9.55. The highest BCUT2D eigenvalue weighted by atomic mass is 16.2. The Kier molecular flexibility index (Phi) is 5.95. The molecule has 1 aromatic rings. The van der Waals surface area contributed by atoms with E-state index in [4.69, 9.17) is 0 Å². The van der Waals surface area contributed by atoms with E-state index in [1.54, 1.807) is 4.90 Å². The Labute approximate surface area is 150 Å². The fourth-order valence-corrected chi connectivity index (χ4v) is 3.93. The fraction of sp³-hybridized carbons (Fsp3) is 0.600. The second kappa shape index (κ2) is 8.37. The Hall–Kier alpha value is -2.04. The van der Waals surface area contributed by atoms with Gasteiger partial charge in [-0.1, -0.05) is 38.0 Å². The minimum Gasteiger partial charge on any atom is -0.353 e. The van der Waals surface area contributed by atoms with E-state index < -0.39 is 0 Å². The van der Waals surface area contributed by atoms with Gasteiger partial charge in [0.15, 0.2) is 0 Å². The number of nitrogens with one attached hydrogen (secondary N) is 2. The molecule has 0 radical (unpaired) electrons. The summed E-state index contributed by atoms with van der Waals surface area (Å²) in [6.45, 7) is 3.44. The van der Waals surface area contributed by atoms with Crippen LogP contribution in [0, 0.1) is 11.8 Å². The third-order valence-corrected chi connectivity index (χ3v) is 5.54. The van der Waals surface area contributed by atoms with Crippen molar-refractivity contribution in [2.75, 3.05) is 18.4 Å². The summed E-state index contributed by atoms with van der Waals surface area (Å²) in [4.78, 5) is 26.9. The lowest BCUT2D eigenvalue weighted by atomic mass is 9.85. The zero-order valence-electron chi connectivity index (χ0n) is 15.0. The van der Waals surface area contributed by atoms with Crippen LogP contribution in [0.2, 0.25) is 0 Å². The summed E-state index contributed by atoms with van der Waals surface area (Å²) in [5.74, 6) is 0.583. The van der Waals surface area contributed by atoms with Crippen LogP contribution in [0.25, 0.3) is 0 Å². The number of anilines is 1. The number of amides is 3. The molecule has 0 aromatic heterocycles. The van der Waals surface area contributed by atoms with Crippen molar-refractivity contribution < 1.29 is 9.59 Å². The van der Waals surface area contributed by atoms with Gasteiger partial charge in [-0.3, -0.25) is 4.79 Å². The van der Waals surface area contributed by atoms with Gasteiger partial charge in [-0.15, -0.1) is 0 Å². The predicted octanol–water partition coefficient (Wildman–Crippen LogP) is 3.63. The van der Waals surface area contributed by atoms with Crippen molar-refractivity contribution in [1.82, 2.24) is 10.2 Å². The summed E-state index contributed by atoms with van der Waals surface area (Å²) < 4.78 is 0. The quantitative estimate of drug-likeness (QED) is 0.880. The van der Waals surface area contributed by atoms with Gasteiger partial charge < -0.3 is 15.5 Å². The number of nitrogens with zero attached hydrogens (tertiary/aromatic N) is 1. The van der Waals surface area contributed by atoms with E-state index in [-0.39, 0.29) is 17.9 Å². The molecule has 2 N–H and O–H groups in total. The van der Waals surface area contributed by atoms with Gasteiger partial charge in [-0.05, 0) is 43.7 Å². The molecule has 1 saturated carbocycles. The molecule has 5 nitrogen and oxygen atoms in total. The van der Waals surface area contributed by atoms with Crippen LogP contribution in [0.15, 0.2) is 30.3 Å². The summed E-state index contributed by atoms with van der Waals surface area (Å²) in [6, 6.07) is 9.64. The standard InChI is InChI=1S/C20H29N3O2/c1-15-8-5-6-12-18(15)22-19(24)16-9-7-13-23(14-16)20(25)21-17-10-3-2-4-11-17/h2-4,10-11,15-16,18H,5-9,12-14H2,1H3,(H,21,25)(H,22,24)/t15-,16+,18-/m0/s1. The van der Waals surface area contributed by atoms with Crippen molar-refractivity contribution in [2.24, 2.45) is 11.8 Å². The van der Waals surface area contributed by atoms with Crippen molar-refractivity contribution >= 4 is 17.6 Å². The predicted molar refractivity (Wildman–Crippen MR) is 99.3 cm³/mol. The smallest absolute Gasteiger partial charge is 0.321 e. The number of carbonyl (C=O) groups excluding carboxylic acids is 2. The monoisotopic (exact) mass is 343 g/mol. The highest BCUT2D eigenvalue weighted by molar-refractivity contribution is 5.90. The number of urea groups is 1. The van der Waals surface area contributed by atoms with Gasteiger partial charge in [-0.2, -0.15) is 0 Å². The van der Waals surface area contributed by atoms with Crippen LogP contribution in [0.5, 0.6) is 0 Å². The number of rotatable bonds is 3. The average molecular weight is 343 g/mol. The van der Waals surface area contributed by atoms with Crippen molar-refractivity contribution in [1.29, 1.82) is 0 Å². The van der Waals surface area contributed by atoms with E-state index in [1.807, 2.05) is 30.3 Å². The summed E-state index contributed by atoms with van der Waals surface area (Å²) in [7, 11) is 0. The highest BCUT2D eigenvalue weighted by Crippen LogP contribution is 2.25. The molecule has 25 heavy (non-hydrogen) atoms. The van der Waals surface area contributed by atoms with E-state index in [2.05, 4.69) is 17.6 Å². The fourth-order valence-electron chi connectivity index (χ4n) is 3.93. The summed E-state index contributed by atoms with van der Waals surface area (Å²) >= 11 is 0. The third-order valence-electron chi connectivity index (χ3n) is 5.54. The molecule has 0 bridgehead atoms. The normalized spacial score (nSPS) is 26.8. The maximum absolute atomic E-state index is 12.7. The number of benzene rings is 1. The molecule has 136 valence electrons. The molecule has 3 amide bonds. The van der Waals surface area contributed by atoms with Crippen LogP contribution in [0.3, 0.4) is 0 Å². The first-order chi connectivity index (χ1) is 12.1. The molecule has 0 unspecified atom stereocenters. The molecule has 2 fully saturated rings. The molecule has 1 saturated heterocycles. The molecule has 3 atom stereocenters. The average Bonchev–Trinajstić information content (AvgIpc) is 2.64. The van der Waals surface area contributed by atoms with Crippen molar-refractivity contribution in [2.45, 2.75) is 51.5 Å². The molecule has 1 heterocycles. The summed E-state index contributed by atoms with van der Waals surface area (Å²) in [5.41, 5.74) is 0.787. The van der Waals surface area contributed by atoms with Crippen molar-refractivity contribution in [3.05, 3.63) is 30.3 Å². The van der Waals surface area contributed by atoms with E-state index in [0.717, 1.165) is 24.9 Å². The van der Waals surface area contributed by atoms with Crippen LogP contribution in [0.1, 0.15) is 45.4 Å². The lowest BCUT2D eigenvalue weighted by Crippen LogP contribution is -2.50. The Bertz CT molecular complexity index is 590. The number of likely N-dealkylation sites (tertiary alicyclic amines) is 1. The highest BCUT2D eigenvalue weighted by Gasteiger charge is 2.31. The SMILES string of the molecule is C[C@H]1CCCC[C@@H]1NC(=O)[C@@H]1CCCN(C(=O)Nc2ccccc2)C1. The second-order valence-corrected chi connectivity index (χ2v) is 7.46. The van der Waals surface area contributed by atoms with Crippen LogP contribution >= 0.6 is 0 Å². The Morgan fingerprint density at radius 2 is 1.80 bits per heavy atom. The van der Waals surface area contributed by atoms with Gasteiger partial charge in [0.2, 0.25) is 5.91 Å². The minimum atomic E-state index is -0.116. The van der Waals surface area contributed by atoms with Gasteiger partial charge in [0, 0.05) is 24.8 Å². The van der Waals surface area contributed by atoms with Gasteiger partial charge >= 0.3 is 6.03 Å². The first kappa shape index (κ1) is 17.8. The topological polar surface area (TPSA) is 61.4 Å². The molecule has 2 aliphatic rings. The van der Waals surface area contributed by atoms with Crippen molar-refractivity contribution in [3.63, 3.8) is 0 Å². The molecule has 1 aliphatic carbocycles. The lowest BCUT2D eigenvalue weighted by molar-refractivity contribution is -0.127. The van der Waals surface area contributed by atoms with Crippen LogP contribution in [-0.4, -0.2) is 36.0 Å². The van der Waals surface area contributed by atoms with Crippen LogP contribution in [0.4, 0.5) is 10.5 Å². The molecule has 0 spiro atoms. The number of hydrogen-bond acceptors (Lipinski definition) is 2. The zero-order valence-corrected chi connectivity index (χ0v) is 15.0. The molecule has 3 rings (SSSR count). The van der Waals surface area contributed by atoms with Gasteiger partial charge in [0.1, 0.15) is 0 Å². The Morgan fingerprint density at radius 3 is 2.56 bits per heavy atom. The second-order valence-electron chi connectivity index (χ2n) is 7.46. The molecule has 1 aliphatic heterocycles. The summed E-state index contributed by atoms with van der Waals surface area (Å²) in [6.07, 6.45) is 6.48. The molecular weight excluding hydrogens is 314 g/mol. The molecule has 5 heteroatoms. The third kappa shape index (κ3) is 4.74. The zero-order chi connectivity index (χ0) is 17.6. The Morgan fingerprint density at radius 1 is 1.04 bits per heavy atom. The molecular formula is C20H29N3O2. The van der Waals surface area contributed by atoms with Gasteiger partial charge in [0.25, 0.3) is 0 Å². The minimum absolute atomic E-state index is 0.0931. The number of piperidine rings is 1. The van der Waals surface area contributed by atoms with E-state index >= 15 is 0 Å². The largest absolute Gasteiger partial charge is 0.353 e. The van der Waals surface area contributed by atoms with Crippen molar-refractivity contribution in [3.8, 4) is 0 Å². The number of hydrogen-bond donors (Lipinski definition) is 2. The Balaban J connectivity index is 1.53. The van der Waals surface area contributed by atoms with Crippen LogP contribution < -0.4 is 10.6 Å². The van der Waals surface area contributed by atoms with Gasteiger partial charge in [0.05, 0.1) is 5.92 Å².